The number of methoxy groups -OCH3 is 1. The van der Waals surface area contributed by atoms with Crippen LogP contribution in [-0.4, -0.2) is 41.6 Å². The van der Waals surface area contributed by atoms with Crippen LogP contribution in [0.4, 0.5) is 4.79 Å². The number of hydrogen-bond donors (Lipinski definition) is 3. The summed E-state index contributed by atoms with van der Waals surface area (Å²) in [5.74, 6) is 0.451. The lowest BCUT2D eigenvalue weighted by atomic mass is 10.1. The summed E-state index contributed by atoms with van der Waals surface area (Å²) in [5.41, 5.74) is 6.49. The van der Waals surface area contributed by atoms with Crippen molar-refractivity contribution in [3.63, 3.8) is 0 Å². The number of aromatic nitrogens is 2. The van der Waals surface area contributed by atoms with Gasteiger partial charge in [0.2, 0.25) is 10.0 Å². The van der Waals surface area contributed by atoms with Crippen LogP contribution in [0.2, 0.25) is 5.02 Å². The first-order chi connectivity index (χ1) is 14.1. The van der Waals surface area contributed by atoms with E-state index in [1.165, 1.54) is 30.0 Å². The number of amides is 2. The monoisotopic (exact) mass is 451 g/mol. The highest BCUT2D eigenvalue weighted by molar-refractivity contribution is 7.89. The van der Waals surface area contributed by atoms with Gasteiger partial charge in [-0.3, -0.25) is 5.21 Å². The molecule has 10 nitrogen and oxygen atoms in total. The van der Waals surface area contributed by atoms with Crippen molar-refractivity contribution in [2.45, 2.75) is 11.4 Å². The van der Waals surface area contributed by atoms with E-state index in [1.807, 2.05) is 0 Å². The number of hydroxylamine groups is 2. The van der Waals surface area contributed by atoms with Gasteiger partial charge in [-0.25, -0.2) is 28.1 Å². The van der Waals surface area contributed by atoms with E-state index in [0.29, 0.717) is 22.0 Å². The number of nitrogens with two attached hydrogens (primary N) is 2. The Bertz CT molecular complexity index is 1210. The van der Waals surface area contributed by atoms with Gasteiger partial charge in [0.05, 0.1) is 35.8 Å². The molecule has 0 bridgehead atoms. The first kappa shape index (κ1) is 21.6. The number of primary amides is 1. The smallest absolute Gasteiger partial charge is 0.338 e. The molecule has 0 unspecified atom stereocenters. The molecule has 0 saturated heterocycles. The number of sulfonamides is 1. The van der Waals surface area contributed by atoms with Gasteiger partial charge in [-0.05, 0) is 36.4 Å². The molecule has 0 fully saturated rings. The summed E-state index contributed by atoms with van der Waals surface area (Å²) in [5, 5.41) is 20.0. The van der Waals surface area contributed by atoms with Crippen LogP contribution in [0.25, 0.3) is 16.9 Å². The Kier molecular flexibility index (Phi) is 5.99. The predicted molar refractivity (Wildman–Crippen MR) is 109 cm³/mol. The molecular weight excluding hydrogens is 434 g/mol. The number of rotatable bonds is 6. The molecule has 0 aliphatic rings. The van der Waals surface area contributed by atoms with Crippen molar-refractivity contribution >= 4 is 27.7 Å². The van der Waals surface area contributed by atoms with Crippen molar-refractivity contribution in [2.75, 3.05) is 7.11 Å². The van der Waals surface area contributed by atoms with E-state index in [0.717, 1.165) is 0 Å². The number of benzene rings is 2. The highest BCUT2D eigenvalue weighted by atomic mass is 35.5. The van der Waals surface area contributed by atoms with Crippen molar-refractivity contribution in [3.05, 3.63) is 59.2 Å². The molecule has 158 valence electrons. The third-order valence-electron chi connectivity index (χ3n) is 4.17. The molecule has 2 aromatic carbocycles. The lowest BCUT2D eigenvalue weighted by Gasteiger charge is -2.12. The van der Waals surface area contributed by atoms with Crippen molar-refractivity contribution in [2.24, 2.45) is 10.9 Å². The van der Waals surface area contributed by atoms with Crippen molar-refractivity contribution in [1.29, 1.82) is 0 Å². The molecule has 0 atom stereocenters. The number of carbonyl (C=O) groups is 1. The summed E-state index contributed by atoms with van der Waals surface area (Å²) in [7, 11) is -2.59. The lowest BCUT2D eigenvalue weighted by molar-refractivity contribution is -0.0479. The zero-order valence-electron chi connectivity index (χ0n) is 15.7. The molecule has 3 aromatic rings. The van der Waals surface area contributed by atoms with Gasteiger partial charge in [-0.2, -0.15) is 5.10 Å². The molecule has 2 amide bonds. The molecule has 0 aliphatic carbocycles. The maximum Gasteiger partial charge on any atom is 0.338 e. The second-order valence-electron chi connectivity index (χ2n) is 6.19. The van der Waals surface area contributed by atoms with Gasteiger partial charge in [-0.15, -0.1) is 0 Å². The van der Waals surface area contributed by atoms with E-state index in [4.69, 9.17) is 27.2 Å². The molecule has 30 heavy (non-hydrogen) atoms. The Morgan fingerprint density at radius 1 is 1.27 bits per heavy atom. The summed E-state index contributed by atoms with van der Waals surface area (Å²) in [6.07, 6.45) is 0. The van der Waals surface area contributed by atoms with Gasteiger partial charge in [0.1, 0.15) is 10.6 Å². The zero-order chi connectivity index (χ0) is 22.1. The molecule has 3 rings (SSSR count). The number of urea groups is 1. The summed E-state index contributed by atoms with van der Waals surface area (Å²) >= 11 is 6.23. The predicted octanol–water partition coefficient (Wildman–Crippen LogP) is 2.12. The largest absolute Gasteiger partial charge is 0.495 e. The number of primary sulfonamides is 1. The summed E-state index contributed by atoms with van der Waals surface area (Å²) in [6, 6.07) is 11.5. The zero-order valence-corrected chi connectivity index (χ0v) is 17.3. The van der Waals surface area contributed by atoms with Gasteiger partial charge >= 0.3 is 6.03 Å². The fourth-order valence-corrected chi connectivity index (χ4v) is 3.80. The minimum atomic E-state index is -4.07. The van der Waals surface area contributed by atoms with E-state index >= 15 is 0 Å². The Labute approximate surface area is 177 Å². The van der Waals surface area contributed by atoms with Crippen LogP contribution in [0.15, 0.2) is 53.4 Å². The number of carbonyl (C=O) groups excluding carboxylic acids is 1. The molecule has 0 saturated carbocycles. The van der Waals surface area contributed by atoms with E-state index in [-0.39, 0.29) is 27.9 Å². The summed E-state index contributed by atoms with van der Waals surface area (Å²) < 4.78 is 30.6. The van der Waals surface area contributed by atoms with Gasteiger partial charge in [-0.1, -0.05) is 23.7 Å². The van der Waals surface area contributed by atoms with E-state index in [1.54, 1.807) is 30.3 Å². The third kappa shape index (κ3) is 4.39. The molecule has 0 aliphatic heterocycles. The average molecular weight is 452 g/mol. The second-order valence-corrected chi connectivity index (χ2v) is 8.13. The highest BCUT2D eigenvalue weighted by Gasteiger charge is 2.21. The van der Waals surface area contributed by atoms with Gasteiger partial charge in [0.25, 0.3) is 0 Å². The molecule has 5 N–H and O–H groups in total. The fourth-order valence-electron chi connectivity index (χ4n) is 2.83. The molecular formula is C18H18ClN5O5S. The molecule has 1 aromatic heterocycles. The van der Waals surface area contributed by atoms with Crippen LogP contribution in [0.5, 0.6) is 5.75 Å². The van der Waals surface area contributed by atoms with Crippen LogP contribution < -0.4 is 15.6 Å². The Hall–Kier alpha value is -3.12. The van der Waals surface area contributed by atoms with E-state index in [9.17, 15) is 18.4 Å². The topological polar surface area (TPSA) is 154 Å². The maximum absolute atomic E-state index is 12.1. The number of para-hydroxylation sites is 1. The Morgan fingerprint density at radius 3 is 2.57 bits per heavy atom. The fraction of sp³-hybridized carbons (Fsp3) is 0.111. The van der Waals surface area contributed by atoms with Crippen molar-refractivity contribution in [3.8, 4) is 22.7 Å². The van der Waals surface area contributed by atoms with Gasteiger partial charge in [0.15, 0.2) is 0 Å². The first-order valence-corrected chi connectivity index (χ1v) is 10.3. The van der Waals surface area contributed by atoms with Crippen molar-refractivity contribution in [1.82, 2.24) is 14.8 Å². The Morgan fingerprint density at radius 2 is 1.97 bits per heavy atom. The van der Waals surface area contributed by atoms with Crippen LogP contribution in [0.3, 0.4) is 0 Å². The summed E-state index contributed by atoms with van der Waals surface area (Å²) in [4.78, 5) is 11.0. The number of nitrogens with zero attached hydrogens (tertiary/aromatic N) is 3. The molecule has 12 heteroatoms. The maximum atomic E-state index is 12.1. The SMILES string of the molecule is COc1ccc(-c2cc(CN(O)C(N)=O)nn2-c2ccccc2S(N)(=O)=O)cc1Cl. The standard InChI is InChI=1S/C18H18ClN5O5S/c1-29-16-7-6-11(8-13(16)19)15-9-12(10-23(26)18(20)25)22-24(15)14-4-2-3-5-17(14)30(21,27)28/h2-9,26H,10H2,1H3,(H2,20,25)(H2,21,27,28). The molecule has 0 spiro atoms. The third-order valence-corrected chi connectivity index (χ3v) is 5.43. The van der Waals surface area contributed by atoms with E-state index in [2.05, 4.69) is 5.10 Å². The first-order valence-electron chi connectivity index (χ1n) is 8.42. The number of ether oxygens (including phenoxy) is 1. The molecule has 0 radical (unpaired) electrons. The Balaban J connectivity index is 2.23. The molecule has 1 heterocycles. The van der Waals surface area contributed by atoms with Crippen LogP contribution in [0, 0.1) is 0 Å². The van der Waals surface area contributed by atoms with E-state index < -0.39 is 16.1 Å². The quantitative estimate of drug-likeness (QED) is 0.385. The highest BCUT2D eigenvalue weighted by Crippen LogP contribution is 2.33. The number of halogens is 1. The summed E-state index contributed by atoms with van der Waals surface area (Å²) in [6.45, 7) is -0.323. The van der Waals surface area contributed by atoms with Crippen LogP contribution >= 0.6 is 11.6 Å². The van der Waals surface area contributed by atoms with Crippen LogP contribution in [0.1, 0.15) is 5.69 Å². The lowest BCUT2D eigenvalue weighted by Crippen LogP contribution is -2.32. The minimum absolute atomic E-state index is 0.156. The van der Waals surface area contributed by atoms with Crippen LogP contribution in [-0.2, 0) is 16.6 Å². The van der Waals surface area contributed by atoms with Gasteiger partial charge < -0.3 is 10.5 Å². The van der Waals surface area contributed by atoms with Crippen molar-refractivity contribution < 1.29 is 23.2 Å². The second kappa shape index (κ2) is 8.32. The normalized spacial score (nSPS) is 11.3. The number of hydrogen-bond acceptors (Lipinski definition) is 6. The minimum Gasteiger partial charge on any atom is -0.495 e. The van der Waals surface area contributed by atoms with Gasteiger partial charge in [0, 0.05) is 5.56 Å². The average Bonchev–Trinajstić information content (AvgIpc) is 3.10.